The van der Waals surface area contributed by atoms with Crippen LogP contribution in [0, 0.1) is 0 Å². The highest BCUT2D eigenvalue weighted by molar-refractivity contribution is 7.99. The molecule has 132 valence electrons. The summed E-state index contributed by atoms with van der Waals surface area (Å²) in [6, 6.07) is 7.68. The summed E-state index contributed by atoms with van der Waals surface area (Å²) in [4.78, 5) is 30.3. The van der Waals surface area contributed by atoms with Crippen LogP contribution in [0.3, 0.4) is 0 Å². The number of carbonyl (C=O) groups excluding carboxylic acids is 2. The van der Waals surface area contributed by atoms with Gasteiger partial charge in [-0.15, -0.1) is 23.1 Å². The molecule has 0 saturated carbocycles. The van der Waals surface area contributed by atoms with E-state index in [4.69, 9.17) is 0 Å². The Morgan fingerprint density at radius 1 is 1.16 bits per heavy atom. The molecule has 0 atom stereocenters. The van der Waals surface area contributed by atoms with Crippen LogP contribution in [0.5, 0.6) is 0 Å². The number of aromatic nitrogens is 1. The van der Waals surface area contributed by atoms with Gasteiger partial charge in [-0.2, -0.15) is 0 Å². The van der Waals surface area contributed by atoms with E-state index in [1.54, 1.807) is 17.5 Å². The van der Waals surface area contributed by atoms with Crippen molar-refractivity contribution in [3.05, 3.63) is 51.5 Å². The minimum atomic E-state index is -0.235. The molecule has 1 aliphatic rings. The van der Waals surface area contributed by atoms with E-state index in [0.717, 1.165) is 18.5 Å². The summed E-state index contributed by atoms with van der Waals surface area (Å²) in [5.41, 5.74) is 7.23. The van der Waals surface area contributed by atoms with Gasteiger partial charge in [-0.3, -0.25) is 25.4 Å². The number of amides is 2. The number of thioether (sulfide) groups is 1. The van der Waals surface area contributed by atoms with Crippen LogP contribution < -0.4 is 10.9 Å². The van der Waals surface area contributed by atoms with Crippen molar-refractivity contribution < 1.29 is 9.59 Å². The average molecular weight is 376 g/mol. The zero-order chi connectivity index (χ0) is 17.5. The van der Waals surface area contributed by atoms with Gasteiger partial charge in [-0.25, -0.2) is 0 Å². The molecule has 5 nitrogen and oxygen atoms in total. The van der Waals surface area contributed by atoms with Gasteiger partial charge in [0.2, 0.25) is 5.91 Å². The Hall–Kier alpha value is -1.86. The van der Waals surface area contributed by atoms with Gasteiger partial charge in [0, 0.05) is 16.8 Å². The van der Waals surface area contributed by atoms with Gasteiger partial charge in [0.25, 0.3) is 5.91 Å². The molecule has 0 aliphatic heterocycles. The van der Waals surface area contributed by atoms with Gasteiger partial charge >= 0.3 is 0 Å². The third-order valence-corrected chi connectivity index (χ3v) is 6.20. The first-order valence-electron chi connectivity index (χ1n) is 8.41. The molecule has 0 spiro atoms. The van der Waals surface area contributed by atoms with Crippen LogP contribution in [0.25, 0.3) is 0 Å². The number of hydrazine groups is 1. The lowest BCUT2D eigenvalue weighted by Crippen LogP contribution is -2.42. The van der Waals surface area contributed by atoms with E-state index in [0.29, 0.717) is 10.6 Å². The molecule has 2 N–H and O–H groups in total. The van der Waals surface area contributed by atoms with Crippen LogP contribution in [0.4, 0.5) is 0 Å². The zero-order valence-corrected chi connectivity index (χ0v) is 15.5. The number of hydrogen-bond acceptors (Lipinski definition) is 5. The Bertz CT molecular complexity index is 708. The fourth-order valence-electron chi connectivity index (χ4n) is 2.74. The van der Waals surface area contributed by atoms with E-state index in [1.165, 1.54) is 41.5 Å². The largest absolute Gasteiger partial charge is 0.279 e. The monoisotopic (exact) mass is 375 g/mol. The molecule has 0 unspecified atom stereocenters. The maximum atomic E-state index is 12.2. The normalized spacial score (nSPS) is 13.6. The highest BCUT2D eigenvalue weighted by Crippen LogP contribution is 2.28. The second-order valence-electron chi connectivity index (χ2n) is 5.94. The first-order valence-corrected chi connectivity index (χ1v) is 10.4. The Kier molecular flexibility index (Phi) is 6.47. The van der Waals surface area contributed by atoms with Gasteiger partial charge in [0.05, 0.1) is 16.3 Å². The lowest BCUT2D eigenvalue weighted by molar-refractivity contribution is -0.119. The maximum Gasteiger partial charge on any atom is 0.279 e. The molecule has 1 aliphatic carbocycles. The van der Waals surface area contributed by atoms with Gasteiger partial charge in [0.15, 0.2) is 0 Å². The molecule has 2 aromatic heterocycles. The van der Waals surface area contributed by atoms with Crippen molar-refractivity contribution in [3.63, 3.8) is 0 Å². The van der Waals surface area contributed by atoms with E-state index >= 15 is 0 Å². The van der Waals surface area contributed by atoms with E-state index in [-0.39, 0.29) is 17.6 Å². The standard InChI is InChI=1S/C18H21N3O2S2/c22-17(12-24-11-14-7-4-5-9-19-14)20-21-18(23)16-10-13-6-2-1-3-8-15(13)25-16/h4-5,7,9-10H,1-3,6,8,11-12H2,(H,20,22)(H,21,23). The molecular formula is C18H21N3O2S2. The van der Waals surface area contributed by atoms with Crippen LogP contribution >= 0.6 is 23.1 Å². The minimum Gasteiger partial charge on any atom is -0.272 e. The molecule has 2 heterocycles. The van der Waals surface area contributed by atoms with Crippen LogP contribution in [0.15, 0.2) is 30.5 Å². The van der Waals surface area contributed by atoms with Crippen LogP contribution in [0.1, 0.15) is 45.1 Å². The number of fused-ring (bicyclic) bond motifs is 1. The average Bonchev–Trinajstić information content (AvgIpc) is 2.91. The number of hydrogen-bond donors (Lipinski definition) is 2. The Morgan fingerprint density at radius 2 is 2.04 bits per heavy atom. The van der Waals surface area contributed by atoms with Crippen LogP contribution in [0.2, 0.25) is 0 Å². The molecule has 25 heavy (non-hydrogen) atoms. The number of aryl methyl sites for hydroxylation is 2. The fraction of sp³-hybridized carbons (Fsp3) is 0.389. The molecular weight excluding hydrogens is 354 g/mol. The fourth-order valence-corrected chi connectivity index (χ4v) is 4.62. The number of pyridine rings is 1. The van der Waals surface area contributed by atoms with Gasteiger partial charge < -0.3 is 0 Å². The third kappa shape index (κ3) is 5.31. The highest BCUT2D eigenvalue weighted by atomic mass is 32.2. The summed E-state index contributed by atoms with van der Waals surface area (Å²) in [7, 11) is 0. The van der Waals surface area contributed by atoms with Crippen molar-refractivity contribution in [2.75, 3.05) is 5.75 Å². The van der Waals surface area contributed by atoms with Crippen LogP contribution in [-0.2, 0) is 23.4 Å². The minimum absolute atomic E-state index is 0.215. The Morgan fingerprint density at radius 3 is 2.88 bits per heavy atom. The van der Waals surface area contributed by atoms with Crippen molar-refractivity contribution in [2.24, 2.45) is 0 Å². The number of carbonyl (C=O) groups is 2. The zero-order valence-electron chi connectivity index (χ0n) is 13.9. The van der Waals surface area contributed by atoms with Crippen molar-refractivity contribution in [1.29, 1.82) is 0 Å². The van der Waals surface area contributed by atoms with Crippen molar-refractivity contribution in [2.45, 2.75) is 37.9 Å². The summed E-state index contributed by atoms with van der Waals surface area (Å²) in [5.74, 6) is 0.492. The van der Waals surface area contributed by atoms with Gasteiger partial charge in [-0.1, -0.05) is 12.5 Å². The molecule has 2 aromatic rings. The third-order valence-electron chi connectivity index (χ3n) is 4.00. The molecule has 0 aromatic carbocycles. The number of thiophene rings is 1. The number of rotatable bonds is 5. The molecule has 2 amide bonds. The molecule has 0 saturated heterocycles. The van der Waals surface area contributed by atoms with Crippen molar-refractivity contribution in [1.82, 2.24) is 15.8 Å². The summed E-state index contributed by atoms with van der Waals surface area (Å²) in [5, 5.41) is 0. The molecule has 0 radical (unpaired) electrons. The van der Waals surface area contributed by atoms with E-state index < -0.39 is 0 Å². The summed E-state index contributed by atoms with van der Waals surface area (Å²) < 4.78 is 0. The quantitative estimate of drug-likeness (QED) is 0.622. The topological polar surface area (TPSA) is 71.1 Å². The lowest BCUT2D eigenvalue weighted by atomic mass is 10.1. The molecule has 7 heteroatoms. The van der Waals surface area contributed by atoms with Gasteiger partial charge in [-0.05, 0) is 49.4 Å². The van der Waals surface area contributed by atoms with Crippen LogP contribution in [-0.4, -0.2) is 22.6 Å². The Balaban J connectivity index is 1.42. The summed E-state index contributed by atoms with van der Waals surface area (Å²) in [6.07, 6.45) is 7.49. The van der Waals surface area contributed by atoms with Gasteiger partial charge in [0.1, 0.15) is 0 Å². The first kappa shape index (κ1) is 17.9. The molecule has 0 fully saturated rings. The van der Waals surface area contributed by atoms with E-state index in [9.17, 15) is 9.59 Å². The van der Waals surface area contributed by atoms with E-state index in [2.05, 4.69) is 15.8 Å². The predicted octanol–water partition coefficient (Wildman–Crippen LogP) is 3.11. The van der Waals surface area contributed by atoms with E-state index in [1.807, 2.05) is 24.3 Å². The lowest BCUT2D eigenvalue weighted by Gasteiger charge is -2.06. The predicted molar refractivity (Wildman–Crippen MR) is 102 cm³/mol. The Labute approximate surface area is 155 Å². The smallest absolute Gasteiger partial charge is 0.272 e. The highest BCUT2D eigenvalue weighted by Gasteiger charge is 2.16. The molecule has 3 rings (SSSR count). The SMILES string of the molecule is O=C(CSCc1ccccn1)NNC(=O)c1cc2c(s1)CCCCC2. The summed E-state index contributed by atoms with van der Waals surface area (Å²) >= 11 is 3.01. The maximum absolute atomic E-state index is 12.2. The number of nitrogens with zero attached hydrogens (tertiary/aromatic N) is 1. The second-order valence-corrected chi connectivity index (χ2v) is 8.06. The summed E-state index contributed by atoms with van der Waals surface area (Å²) in [6.45, 7) is 0. The molecule has 0 bridgehead atoms. The first-order chi connectivity index (χ1) is 12.2. The number of nitrogens with one attached hydrogen (secondary N) is 2. The van der Waals surface area contributed by atoms with Crippen molar-refractivity contribution in [3.8, 4) is 0 Å². The van der Waals surface area contributed by atoms with Crippen molar-refractivity contribution >= 4 is 34.9 Å². The second kappa shape index (κ2) is 9.01.